The Labute approximate surface area is 467 Å². The van der Waals surface area contributed by atoms with E-state index in [0.717, 1.165) is 5.56 Å². The molecule has 452 valence electrons. The van der Waals surface area contributed by atoms with E-state index in [-0.39, 0.29) is 108 Å². The number of nitrogens with zero attached hydrogens (tertiary/aromatic N) is 4. The lowest BCUT2D eigenvalue weighted by molar-refractivity contribution is -0.219. The summed E-state index contributed by atoms with van der Waals surface area (Å²) >= 11 is 0. The summed E-state index contributed by atoms with van der Waals surface area (Å²) in [4.78, 5) is 107. The van der Waals surface area contributed by atoms with Crippen molar-refractivity contribution in [1.29, 1.82) is 0 Å². The van der Waals surface area contributed by atoms with E-state index in [4.69, 9.17) is 39.9 Å². The normalized spacial score (nSPS) is 22.5. The van der Waals surface area contributed by atoms with E-state index in [1.54, 1.807) is 37.4 Å². The third-order valence-electron chi connectivity index (χ3n) is 12.5. The lowest BCUT2D eigenvalue weighted by Gasteiger charge is -2.40. The summed E-state index contributed by atoms with van der Waals surface area (Å²) in [5.74, 6) is -6.20. The fourth-order valence-corrected chi connectivity index (χ4v) is 8.15. The van der Waals surface area contributed by atoms with Crippen LogP contribution in [0.1, 0.15) is 74.7 Å². The van der Waals surface area contributed by atoms with Gasteiger partial charge in [-0.2, -0.15) is 0 Å². The number of aromatic nitrogens is 3. The van der Waals surface area contributed by atoms with Gasteiger partial charge in [0.1, 0.15) is 48.2 Å². The Balaban J connectivity index is 1.29. The van der Waals surface area contributed by atoms with E-state index >= 15 is 0 Å². The number of benzene rings is 1. The predicted octanol–water partition coefficient (Wildman–Crippen LogP) is -5.29. The molecule has 2 aliphatic heterocycles. The average Bonchev–Trinajstić information content (AvgIpc) is 3.99. The second kappa shape index (κ2) is 37.1. The average molecular weight is 1150 g/mol. The first-order chi connectivity index (χ1) is 39.0. The zero-order chi connectivity index (χ0) is 58.9. The van der Waals surface area contributed by atoms with Crippen molar-refractivity contribution in [3.05, 3.63) is 47.8 Å². The highest BCUT2D eigenvalue weighted by molar-refractivity contribution is 5.94. The molecule has 9 atom stereocenters. The molecule has 7 amide bonds. The van der Waals surface area contributed by atoms with Crippen molar-refractivity contribution < 1.29 is 87.2 Å². The number of unbranched alkanes of at least 4 members (excludes halogenated alkanes) is 1. The number of ether oxygens (including phenoxy) is 6. The van der Waals surface area contributed by atoms with Crippen LogP contribution in [0.25, 0.3) is 0 Å². The number of nitrogens with two attached hydrogens (primary N) is 2. The largest absolute Gasteiger partial charge is 0.481 e. The highest BCUT2D eigenvalue weighted by atomic mass is 16.6. The van der Waals surface area contributed by atoms with Gasteiger partial charge in [0.2, 0.25) is 35.4 Å². The van der Waals surface area contributed by atoms with Crippen LogP contribution >= 0.6 is 0 Å². The molecule has 3 heterocycles. The van der Waals surface area contributed by atoms with Crippen molar-refractivity contribution in [2.45, 2.75) is 112 Å². The van der Waals surface area contributed by atoms with Gasteiger partial charge in [-0.3, -0.25) is 43.3 Å². The molecule has 0 saturated carbocycles. The molecule has 1 saturated heterocycles. The SMILES string of the molecule is CNC(=O)CCOCCOCCOCCOCCOCCC(=O)NC[C@H]1OC(C(=O)NCCCC[C@H]2C(=O)N[C@@H](CCCN=C(N)N)C(=O)NCC(=O)N[C@@H](CC(=O)O)C(=O)N[C@@H](Cc3ccccc3)c3cn2nn3)[C@@H](O)C(O)[C@@H]1O. The number of amides is 7. The van der Waals surface area contributed by atoms with Gasteiger partial charge in [-0.25, -0.2) is 4.68 Å². The number of nitrogens with one attached hydrogen (secondary N) is 7. The van der Waals surface area contributed by atoms with Crippen LogP contribution in [0.3, 0.4) is 0 Å². The first-order valence-electron chi connectivity index (χ1n) is 26.7. The number of carbonyl (C=O) groups excluding carboxylic acids is 7. The summed E-state index contributed by atoms with van der Waals surface area (Å²) in [5.41, 5.74) is 11.9. The van der Waals surface area contributed by atoms with E-state index < -0.39 is 109 Å². The number of aliphatic imine (C=N–C) groups is 1. The van der Waals surface area contributed by atoms with Crippen molar-refractivity contribution in [3.63, 3.8) is 0 Å². The van der Waals surface area contributed by atoms with Crippen LogP contribution in [0, 0.1) is 0 Å². The quantitative estimate of drug-likeness (QED) is 0.0177. The predicted molar refractivity (Wildman–Crippen MR) is 283 cm³/mol. The molecule has 1 aromatic carbocycles. The van der Waals surface area contributed by atoms with Crippen LogP contribution in [-0.2, 0) is 73.2 Å². The highest BCUT2D eigenvalue weighted by Crippen LogP contribution is 2.23. The monoisotopic (exact) mass is 1150 g/mol. The van der Waals surface area contributed by atoms with E-state index in [9.17, 15) is 58.8 Å². The van der Waals surface area contributed by atoms with Crippen molar-refractivity contribution in [2.75, 3.05) is 99.3 Å². The third-order valence-corrected chi connectivity index (χ3v) is 12.5. The lowest BCUT2D eigenvalue weighted by atomic mass is 9.94. The molecule has 0 aliphatic carbocycles. The van der Waals surface area contributed by atoms with E-state index in [2.05, 4.69) is 52.5 Å². The molecule has 2 aliphatic rings. The topological polar surface area (TPSA) is 452 Å². The molecule has 31 nitrogen and oxygen atoms in total. The summed E-state index contributed by atoms with van der Waals surface area (Å²) in [5, 5.41) is 68.2. The fourth-order valence-electron chi connectivity index (χ4n) is 8.15. The zero-order valence-electron chi connectivity index (χ0n) is 45.4. The maximum Gasteiger partial charge on any atom is 0.305 e. The number of aliphatic hydroxyl groups excluding tert-OH is 3. The molecule has 2 aromatic rings. The molecule has 15 N–H and O–H groups in total. The van der Waals surface area contributed by atoms with Crippen LogP contribution in [0.5, 0.6) is 0 Å². The molecular weight excluding hydrogens is 1070 g/mol. The van der Waals surface area contributed by atoms with Crippen molar-refractivity contribution in [3.8, 4) is 0 Å². The minimum Gasteiger partial charge on any atom is -0.481 e. The smallest absolute Gasteiger partial charge is 0.305 e. The first kappa shape index (κ1) is 66.5. The summed E-state index contributed by atoms with van der Waals surface area (Å²) in [6, 6.07) is 4.03. The van der Waals surface area contributed by atoms with E-state index in [1.165, 1.54) is 10.9 Å². The van der Waals surface area contributed by atoms with E-state index in [1.807, 2.05) is 0 Å². The molecule has 4 rings (SSSR count). The van der Waals surface area contributed by atoms with Crippen molar-refractivity contribution in [1.82, 2.24) is 52.2 Å². The zero-order valence-corrected chi connectivity index (χ0v) is 45.4. The van der Waals surface area contributed by atoms with Crippen molar-refractivity contribution in [2.24, 2.45) is 16.5 Å². The van der Waals surface area contributed by atoms with Gasteiger partial charge in [0, 0.05) is 39.5 Å². The Hall–Kier alpha value is -6.97. The Morgan fingerprint density at radius 3 is 1.96 bits per heavy atom. The Morgan fingerprint density at radius 1 is 0.728 bits per heavy atom. The van der Waals surface area contributed by atoms with Gasteiger partial charge in [-0.1, -0.05) is 35.5 Å². The molecule has 2 unspecified atom stereocenters. The molecule has 81 heavy (non-hydrogen) atoms. The summed E-state index contributed by atoms with van der Waals surface area (Å²) in [6.45, 7) is 1.99. The second-order valence-electron chi connectivity index (χ2n) is 18.7. The van der Waals surface area contributed by atoms with Crippen LogP contribution < -0.4 is 48.7 Å². The summed E-state index contributed by atoms with van der Waals surface area (Å²) in [6.07, 6.45) is -6.57. The summed E-state index contributed by atoms with van der Waals surface area (Å²) in [7, 11) is 1.56. The van der Waals surface area contributed by atoms with Gasteiger partial charge in [0.15, 0.2) is 12.1 Å². The van der Waals surface area contributed by atoms with Gasteiger partial charge in [-0.05, 0) is 44.1 Å². The van der Waals surface area contributed by atoms with Gasteiger partial charge in [0.25, 0.3) is 5.91 Å². The molecule has 1 aromatic heterocycles. The minimum absolute atomic E-state index is 0.000801. The standard InChI is InChI=1S/C50H79N13O18/c1-53-38(64)12-16-76-18-20-78-22-24-80-25-23-79-21-19-77-17-13-39(65)56-28-37-42(69)43(70)44(71)45(81-37)49(75)54-14-6-5-11-36-48(74)59-32(10-7-15-55-50(51)52)46(72)57-29-40(66)58-34(27-41(67)68)47(73)60-33(35-30-63(36)62-61-35)26-31-8-3-2-4-9-31/h2-4,8-9,30,32-34,36-37,42-45,69-71H,5-7,10-29H2,1H3,(H,53,64)(H,54,75)(H,56,65)(H,57,72)(H,58,66)(H,59,74)(H,60,73)(H,67,68)(H4,51,52,55)/t32-,33-,34-,36-,37+,42+,43?,44-,45?/m0/s1. The maximum atomic E-state index is 14.3. The maximum absolute atomic E-state index is 14.3. The lowest BCUT2D eigenvalue weighted by Crippen LogP contribution is -2.63. The second-order valence-corrected chi connectivity index (χ2v) is 18.7. The molecule has 31 heteroatoms. The number of rotatable bonds is 34. The van der Waals surface area contributed by atoms with Gasteiger partial charge >= 0.3 is 5.97 Å². The Kier molecular flexibility index (Phi) is 30.5. The van der Waals surface area contributed by atoms with Crippen LogP contribution in [0.4, 0.5) is 0 Å². The van der Waals surface area contributed by atoms with Gasteiger partial charge < -0.3 is 97.5 Å². The third kappa shape index (κ3) is 25.2. The van der Waals surface area contributed by atoms with Gasteiger partial charge in [-0.15, -0.1) is 5.10 Å². The number of aliphatic carboxylic acids is 1. The Bertz CT molecular complexity index is 2310. The number of aliphatic hydroxyl groups is 3. The fraction of sp³-hybridized carbons (Fsp3) is 0.660. The Morgan fingerprint density at radius 2 is 1.35 bits per heavy atom. The number of guanidine groups is 1. The minimum atomic E-state index is -1.84. The van der Waals surface area contributed by atoms with Gasteiger partial charge in [0.05, 0.1) is 91.3 Å². The van der Waals surface area contributed by atoms with Crippen LogP contribution in [0.2, 0.25) is 0 Å². The van der Waals surface area contributed by atoms with Crippen LogP contribution in [0.15, 0.2) is 41.5 Å². The van der Waals surface area contributed by atoms with E-state index in [0.29, 0.717) is 46.2 Å². The summed E-state index contributed by atoms with van der Waals surface area (Å²) < 4.78 is 34.0. The molecule has 0 spiro atoms. The van der Waals surface area contributed by atoms with Crippen molar-refractivity contribution >= 4 is 53.3 Å². The first-order valence-corrected chi connectivity index (χ1v) is 26.7. The molecule has 0 radical (unpaired) electrons. The number of carboxylic acids is 1. The number of carboxylic acid groups (broad SMARTS) is 1. The number of hydrogen-bond donors (Lipinski definition) is 13. The molecule has 2 bridgehead atoms. The number of fused-ring (bicyclic) bond motifs is 2. The number of carbonyl (C=O) groups is 8. The highest BCUT2D eigenvalue weighted by Gasteiger charge is 2.46. The molecular formula is C50H79N13O18. The van der Waals surface area contributed by atoms with Crippen LogP contribution in [-0.4, -0.2) is 231 Å². The number of hydrogen-bond acceptors (Lipinski definition) is 20. The molecule has 1 fully saturated rings.